The van der Waals surface area contributed by atoms with Crippen molar-refractivity contribution in [1.29, 1.82) is 0 Å². The van der Waals surface area contributed by atoms with Gasteiger partial charge in [0.2, 0.25) is 17.2 Å². The molecule has 0 aliphatic carbocycles. The number of hydrogen-bond donors (Lipinski definition) is 2. The van der Waals surface area contributed by atoms with Gasteiger partial charge in [0.15, 0.2) is 0 Å². The molecule has 2 N–H and O–H groups in total. The summed E-state index contributed by atoms with van der Waals surface area (Å²) in [5.41, 5.74) is 2.69. The Kier molecular flexibility index (Phi) is 20.6. The molecule has 0 spiro atoms. The van der Waals surface area contributed by atoms with Crippen molar-refractivity contribution in [3.8, 4) is 11.1 Å². The molecule has 2 rings (SSSR count). The summed E-state index contributed by atoms with van der Waals surface area (Å²) in [5.74, 6) is -0.0592. The minimum absolute atomic E-state index is 0.0427. The van der Waals surface area contributed by atoms with Gasteiger partial charge in [-0.1, -0.05) is 154 Å². The van der Waals surface area contributed by atoms with Gasteiger partial charge in [-0.2, -0.15) is 0 Å². The van der Waals surface area contributed by atoms with E-state index in [1.165, 1.54) is 109 Å². The summed E-state index contributed by atoms with van der Waals surface area (Å²) in [7, 11) is 0. The second kappa shape index (κ2) is 24.4. The average Bonchev–Trinajstić information content (AvgIpc) is 3.20. The summed E-state index contributed by atoms with van der Waals surface area (Å²) in [4.78, 5) is 37.3. The van der Waals surface area contributed by atoms with E-state index in [4.69, 9.17) is 0 Å². The van der Waals surface area contributed by atoms with E-state index < -0.39 is 0 Å². The van der Waals surface area contributed by atoms with Crippen LogP contribution < -0.4 is 16.1 Å². The van der Waals surface area contributed by atoms with Crippen molar-refractivity contribution in [2.24, 2.45) is 0 Å². The van der Waals surface area contributed by atoms with E-state index in [2.05, 4.69) is 24.5 Å². The first kappa shape index (κ1) is 37.2. The van der Waals surface area contributed by atoms with Crippen molar-refractivity contribution in [1.82, 2.24) is 0 Å². The molecule has 5 nitrogen and oxygen atoms in total. The zero-order valence-corrected chi connectivity index (χ0v) is 27.9. The Morgan fingerprint density at radius 2 is 0.818 bits per heavy atom. The van der Waals surface area contributed by atoms with Crippen molar-refractivity contribution in [2.75, 3.05) is 10.6 Å². The number of nitrogens with one attached hydrogen (secondary N) is 2. The van der Waals surface area contributed by atoms with Gasteiger partial charge in [0.25, 0.3) is 0 Å². The van der Waals surface area contributed by atoms with Crippen LogP contribution in [0.4, 0.5) is 11.4 Å². The third kappa shape index (κ3) is 17.4. The number of benzene rings is 1. The summed E-state index contributed by atoms with van der Waals surface area (Å²) in [6, 6.07) is 14.5. The molecule has 2 aromatic carbocycles. The van der Waals surface area contributed by atoms with Crippen LogP contribution in [0.5, 0.6) is 0 Å². The van der Waals surface area contributed by atoms with E-state index in [0.717, 1.165) is 42.5 Å². The Balaban J connectivity index is 1.63. The minimum Gasteiger partial charge on any atom is -0.326 e. The second-order valence-corrected chi connectivity index (χ2v) is 12.4. The highest BCUT2D eigenvalue weighted by Gasteiger charge is 2.07. The van der Waals surface area contributed by atoms with Crippen LogP contribution in [0.15, 0.2) is 53.3 Å². The zero-order chi connectivity index (χ0) is 31.7. The summed E-state index contributed by atoms with van der Waals surface area (Å²) in [6.45, 7) is 4.46. The molecule has 5 heteroatoms. The van der Waals surface area contributed by atoms with Crippen LogP contribution >= 0.6 is 0 Å². The van der Waals surface area contributed by atoms with Crippen molar-refractivity contribution < 1.29 is 9.59 Å². The van der Waals surface area contributed by atoms with E-state index in [1.54, 1.807) is 12.1 Å². The molecule has 0 aromatic heterocycles. The summed E-state index contributed by atoms with van der Waals surface area (Å²) in [6.07, 6.45) is 26.0. The van der Waals surface area contributed by atoms with Crippen LogP contribution in [0.3, 0.4) is 0 Å². The first-order chi connectivity index (χ1) is 21.5. The van der Waals surface area contributed by atoms with Gasteiger partial charge in [-0.3, -0.25) is 14.4 Å². The number of carbonyl (C=O) groups is 2. The number of unbranched alkanes of at least 4 members (excludes halogenated alkanes) is 18. The molecular formula is C39H60N2O3. The molecule has 0 saturated carbocycles. The Morgan fingerprint density at radius 3 is 1.27 bits per heavy atom. The number of carbonyl (C=O) groups excluding carboxylic acids is 2. The molecule has 0 atom stereocenters. The van der Waals surface area contributed by atoms with Gasteiger partial charge in [-0.05, 0) is 48.2 Å². The highest BCUT2D eigenvalue weighted by atomic mass is 16.2. The zero-order valence-electron chi connectivity index (χ0n) is 27.9. The fraction of sp³-hybridized carbons (Fsp3) is 0.615. The Bertz CT molecular complexity index is 1110. The monoisotopic (exact) mass is 604 g/mol. The lowest BCUT2D eigenvalue weighted by Gasteiger charge is -2.06. The predicted octanol–water partition coefficient (Wildman–Crippen LogP) is 11.2. The second-order valence-electron chi connectivity index (χ2n) is 12.4. The maximum Gasteiger partial charge on any atom is 0.224 e. The SMILES string of the molecule is CCCCCCCCCCCCCCCCCC(=O)Nc1ccc(-c2ccc(NC(=O)CCCCCCC)cc2)ccc1=O. The summed E-state index contributed by atoms with van der Waals surface area (Å²) < 4.78 is 0. The Morgan fingerprint density at radius 1 is 0.455 bits per heavy atom. The minimum atomic E-state index is -0.205. The summed E-state index contributed by atoms with van der Waals surface area (Å²) in [5, 5.41) is 5.79. The number of hydrogen-bond acceptors (Lipinski definition) is 3. The van der Waals surface area contributed by atoms with Crippen molar-refractivity contribution >= 4 is 23.2 Å². The maximum absolute atomic E-state index is 12.6. The van der Waals surface area contributed by atoms with Gasteiger partial charge in [0.05, 0.1) is 5.69 Å². The molecule has 2 aromatic rings. The average molecular weight is 605 g/mol. The van der Waals surface area contributed by atoms with Crippen LogP contribution in [0.1, 0.15) is 155 Å². The summed E-state index contributed by atoms with van der Waals surface area (Å²) >= 11 is 0. The van der Waals surface area contributed by atoms with E-state index in [0.29, 0.717) is 18.5 Å². The van der Waals surface area contributed by atoms with Crippen LogP contribution in [0.2, 0.25) is 0 Å². The largest absolute Gasteiger partial charge is 0.326 e. The van der Waals surface area contributed by atoms with Gasteiger partial charge in [0, 0.05) is 18.5 Å². The molecule has 2 amide bonds. The van der Waals surface area contributed by atoms with E-state index in [9.17, 15) is 14.4 Å². The quantitative estimate of drug-likeness (QED) is 0.111. The van der Waals surface area contributed by atoms with Crippen molar-refractivity contribution in [2.45, 2.75) is 155 Å². The van der Waals surface area contributed by atoms with E-state index in [1.807, 2.05) is 30.3 Å². The Hall–Kier alpha value is -2.95. The maximum atomic E-state index is 12.6. The Labute approximate surface area is 268 Å². The van der Waals surface area contributed by atoms with Crippen LogP contribution in [-0.4, -0.2) is 11.8 Å². The van der Waals surface area contributed by atoms with Crippen LogP contribution in [-0.2, 0) is 9.59 Å². The first-order valence-electron chi connectivity index (χ1n) is 17.9. The highest BCUT2D eigenvalue weighted by molar-refractivity contribution is 5.91. The van der Waals surface area contributed by atoms with Gasteiger partial charge in [0.1, 0.15) is 0 Å². The van der Waals surface area contributed by atoms with Gasteiger partial charge < -0.3 is 10.6 Å². The number of anilines is 2. The molecular weight excluding hydrogens is 544 g/mol. The molecule has 44 heavy (non-hydrogen) atoms. The van der Waals surface area contributed by atoms with Gasteiger partial charge in [-0.15, -0.1) is 0 Å². The lowest BCUT2D eigenvalue weighted by atomic mass is 10.0. The van der Waals surface area contributed by atoms with Crippen LogP contribution in [0.25, 0.3) is 11.1 Å². The molecule has 0 fully saturated rings. The van der Waals surface area contributed by atoms with E-state index in [-0.39, 0.29) is 17.2 Å². The molecule has 0 saturated heterocycles. The lowest BCUT2D eigenvalue weighted by Crippen LogP contribution is -2.16. The molecule has 0 heterocycles. The van der Waals surface area contributed by atoms with Crippen molar-refractivity contribution in [3.63, 3.8) is 0 Å². The van der Waals surface area contributed by atoms with Gasteiger partial charge >= 0.3 is 0 Å². The fourth-order valence-electron chi connectivity index (χ4n) is 5.59. The molecule has 0 unspecified atom stereocenters. The number of rotatable bonds is 25. The third-order valence-electron chi connectivity index (χ3n) is 8.40. The topological polar surface area (TPSA) is 75.3 Å². The standard InChI is InChI=1S/C39H60N2O3/c1-3-5-7-9-10-11-12-13-14-15-16-17-18-20-22-24-39(44)41-36-31-27-34(28-32-37(36)42)33-25-29-35(30-26-33)40-38(43)23-21-19-8-6-4-2/h25-32H,3-24H2,1-2H3,(H,40,43)(H,41,42,44). The van der Waals surface area contributed by atoms with E-state index >= 15 is 0 Å². The molecule has 244 valence electrons. The smallest absolute Gasteiger partial charge is 0.224 e. The lowest BCUT2D eigenvalue weighted by molar-refractivity contribution is -0.117. The highest BCUT2D eigenvalue weighted by Crippen LogP contribution is 2.22. The third-order valence-corrected chi connectivity index (χ3v) is 8.40. The molecule has 0 radical (unpaired) electrons. The molecule has 0 bridgehead atoms. The predicted molar refractivity (Wildman–Crippen MR) is 188 cm³/mol. The fourth-order valence-corrected chi connectivity index (χ4v) is 5.59. The molecule has 0 aliphatic rings. The van der Waals surface area contributed by atoms with Gasteiger partial charge in [-0.25, -0.2) is 0 Å². The normalized spacial score (nSPS) is 11.0. The van der Waals surface area contributed by atoms with Crippen molar-refractivity contribution in [3.05, 3.63) is 58.8 Å². The first-order valence-corrected chi connectivity index (χ1v) is 17.9. The number of amides is 2. The molecule has 0 aliphatic heterocycles. The van der Waals surface area contributed by atoms with Crippen LogP contribution in [0, 0.1) is 0 Å².